The summed E-state index contributed by atoms with van der Waals surface area (Å²) in [5.74, 6) is -0.925. The van der Waals surface area contributed by atoms with Gasteiger partial charge in [-0.25, -0.2) is 0 Å². The van der Waals surface area contributed by atoms with Gasteiger partial charge in [0.15, 0.2) is 6.04 Å². The quantitative estimate of drug-likeness (QED) is 0.685. The lowest BCUT2D eigenvalue weighted by atomic mass is 10.2. The number of aromatic nitrogens is 3. The van der Waals surface area contributed by atoms with Crippen LogP contribution >= 0.6 is 0 Å². The molecule has 1 heterocycles. The monoisotopic (exact) mass is 184 g/mol. The SMILES string of the molecule is CN(C)C(C(=O)O)c1cnn(C)n1. The van der Waals surface area contributed by atoms with E-state index in [2.05, 4.69) is 10.2 Å². The Labute approximate surface area is 75.8 Å². The maximum absolute atomic E-state index is 10.8. The summed E-state index contributed by atoms with van der Waals surface area (Å²) in [5, 5.41) is 16.6. The van der Waals surface area contributed by atoms with Crippen LogP contribution in [0.3, 0.4) is 0 Å². The molecule has 0 radical (unpaired) electrons. The van der Waals surface area contributed by atoms with E-state index in [0.29, 0.717) is 5.69 Å². The molecule has 6 heteroatoms. The van der Waals surface area contributed by atoms with E-state index < -0.39 is 12.0 Å². The second kappa shape index (κ2) is 3.53. The number of nitrogens with zero attached hydrogens (tertiary/aromatic N) is 4. The highest BCUT2D eigenvalue weighted by Crippen LogP contribution is 2.14. The largest absolute Gasteiger partial charge is 0.480 e. The maximum atomic E-state index is 10.8. The molecule has 1 N–H and O–H groups in total. The van der Waals surface area contributed by atoms with Crippen LogP contribution in [0.1, 0.15) is 11.7 Å². The third-order valence-electron chi connectivity index (χ3n) is 1.65. The van der Waals surface area contributed by atoms with Gasteiger partial charge >= 0.3 is 5.97 Å². The van der Waals surface area contributed by atoms with Crippen molar-refractivity contribution in [1.82, 2.24) is 19.9 Å². The van der Waals surface area contributed by atoms with Gasteiger partial charge in [-0.05, 0) is 14.1 Å². The van der Waals surface area contributed by atoms with E-state index in [-0.39, 0.29) is 0 Å². The van der Waals surface area contributed by atoms with Crippen LogP contribution in [0.25, 0.3) is 0 Å². The smallest absolute Gasteiger partial charge is 0.327 e. The standard InChI is InChI=1S/C7H12N4O2/c1-10(2)6(7(12)13)5-4-8-11(3)9-5/h4,6H,1-3H3,(H,12,13). The summed E-state index contributed by atoms with van der Waals surface area (Å²) in [4.78, 5) is 13.7. The molecule has 0 saturated carbocycles. The van der Waals surface area contributed by atoms with Crippen molar-refractivity contribution in [3.05, 3.63) is 11.9 Å². The van der Waals surface area contributed by atoms with Crippen molar-refractivity contribution in [2.45, 2.75) is 6.04 Å². The molecule has 0 aliphatic heterocycles. The lowest BCUT2D eigenvalue weighted by molar-refractivity contribution is -0.142. The Morgan fingerprint density at radius 2 is 2.31 bits per heavy atom. The summed E-state index contributed by atoms with van der Waals surface area (Å²) >= 11 is 0. The van der Waals surface area contributed by atoms with Crippen LogP contribution in [-0.2, 0) is 11.8 Å². The predicted molar refractivity (Wildman–Crippen MR) is 45.1 cm³/mol. The van der Waals surface area contributed by atoms with Gasteiger partial charge in [-0.2, -0.15) is 15.0 Å². The van der Waals surface area contributed by atoms with Crippen LogP contribution in [0, 0.1) is 0 Å². The average Bonchev–Trinajstić information content (AvgIpc) is 2.34. The predicted octanol–water partition coefficient (Wildman–Crippen LogP) is -0.498. The Morgan fingerprint density at radius 3 is 2.62 bits per heavy atom. The van der Waals surface area contributed by atoms with Crippen LogP contribution in [0.5, 0.6) is 0 Å². The highest BCUT2D eigenvalue weighted by atomic mass is 16.4. The first-order chi connectivity index (χ1) is 6.02. The van der Waals surface area contributed by atoms with Gasteiger partial charge in [0.2, 0.25) is 0 Å². The number of carboxylic acids is 1. The topological polar surface area (TPSA) is 71.2 Å². The number of carbonyl (C=O) groups is 1. The number of likely N-dealkylation sites (N-methyl/N-ethyl adjacent to an activating group) is 1. The second-order valence-corrected chi connectivity index (χ2v) is 2.96. The first-order valence-electron chi connectivity index (χ1n) is 3.78. The molecule has 1 aromatic heterocycles. The second-order valence-electron chi connectivity index (χ2n) is 2.96. The van der Waals surface area contributed by atoms with Gasteiger partial charge in [0, 0.05) is 7.05 Å². The molecule has 0 fully saturated rings. The summed E-state index contributed by atoms with van der Waals surface area (Å²) in [6, 6.07) is -0.728. The van der Waals surface area contributed by atoms with Gasteiger partial charge in [0.1, 0.15) is 5.69 Å². The summed E-state index contributed by atoms with van der Waals surface area (Å²) < 4.78 is 0. The molecule has 72 valence electrons. The van der Waals surface area contributed by atoms with E-state index in [1.165, 1.54) is 11.0 Å². The molecule has 0 bridgehead atoms. The van der Waals surface area contributed by atoms with Crippen molar-refractivity contribution in [2.75, 3.05) is 14.1 Å². The highest BCUT2D eigenvalue weighted by Gasteiger charge is 2.24. The molecule has 0 aromatic carbocycles. The van der Waals surface area contributed by atoms with Crippen molar-refractivity contribution in [3.8, 4) is 0 Å². The Balaban J connectivity index is 2.95. The summed E-state index contributed by atoms with van der Waals surface area (Å²) in [5.41, 5.74) is 0.444. The normalized spacial score (nSPS) is 13.2. The molecule has 1 unspecified atom stereocenters. The maximum Gasteiger partial charge on any atom is 0.327 e. The van der Waals surface area contributed by atoms with Crippen LogP contribution in [0.4, 0.5) is 0 Å². The molecule has 1 aromatic rings. The number of hydrogen-bond donors (Lipinski definition) is 1. The average molecular weight is 184 g/mol. The number of carboxylic acid groups (broad SMARTS) is 1. The number of rotatable bonds is 3. The molecule has 0 amide bonds. The number of aryl methyl sites for hydroxylation is 1. The molecule has 1 atom stereocenters. The molecule has 0 aliphatic carbocycles. The van der Waals surface area contributed by atoms with Gasteiger partial charge in [0.25, 0.3) is 0 Å². The third-order valence-corrected chi connectivity index (χ3v) is 1.65. The van der Waals surface area contributed by atoms with Crippen molar-refractivity contribution >= 4 is 5.97 Å². The van der Waals surface area contributed by atoms with E-state index in [0.717, 1.165) is 0 Å². The van der Waals surface area contributed by atoms with E-state index in [1.54, 1.807) is 26.0 Å². The summed E-state index contributed by atoms with van der Waals surface area (Å²) in [6.45, 7) is 0. The first-order valence-corrected chi connectivity index (χ1v) is 3.78. The zero-order valence-corrected chi connectivity index (χ0v) is 7.80. The fourth-order valence-electron chi connectivity index (χ4n) is 1.10. The number of hydrogen-bond acceptors (Lipinski definition) is 4. The Bertz CT molecular complexity index is 307. The minimum atomic E-state index is -0.925. The molecule has 0 saturated heterocycles. The van der Waals surface area contributed by atoms with Crippen molar-refractivity contribution in [1.29, 1.82) is 0 Å². The highest BCUT2D eigenvalue weighted by molar-refractivity contribution is 5.74. The minimum absolute atomic E-state index is 0.444. The van der Waals surface area contributed by atoms with Gasteiger partial charge in [-0.3, -0.25) is 9.69 Å². The van der Waals surface area contributed by atoms with Gasteiger partial charge in [-0.15, -0.1) is 0 Å². The Hall–Kier alpha value is -1.43. The van der Waals surface area contributed by atoms with Crippen LogP contribution in [0.15, 0.2) is 6.20 Å². The Kier molecular flexibility index (Phi) is 2.62. The van der Waals surface area contributed by atoms with Gasteiger partial charge < -0.3 is 5.11 Å². The van der Waals surface area contributed by atoms with E-state index in [4.69, 9.17) is 5.11 Å². The van der Waals surface area contributed by atoms with E-state index in [9.17, 15) is 4.79 Å². The first kappa shape index (κ1) is 9.66. The van der Waals surface area contributed by atoms with Crippen molar-refractivity contribution in [3.63, 3.8) is 0 Å². The molecule has 6 nitrogen and oxygen atoms in total. The molecule has 0 spiro atoms. The molecular weight excluding hydrogens is 172 g/mol. The van der Waals surface area contributed by atoms with E-state index >= 15 is 0 Å². The van der Waals surface area contributed by atoms with Crippen molar-refractivity contribution < 1.29 is 9.90 Å². The zero-order valence-electron chi connectivity index (χ0n) is 7.80. The van der Waals surface area contributed by atoms with Crippen molar-refractivity contribution in [2.24, 2.45) is 7.05 Å². The molecule has 0 aliphatic rings. The molecule has 1 rings (SSSR count). The molecular formula is C7H12N4O2. The zero-order chi connectivity index (χ0) is 10.0. The van der Waals surface area contributed by atoms with Crippen LogP contribution in [-0.4, -0.2) is 45.1 Å². The Morgan fingerprint density at radius 1 is 1.69 bits per heavy atom. The molecule has 13 heavy (non-hydrogen) atoms. The van der Waals surface area contributed by atoms with Gasteiger partial charge in [0.05, 0.1) is 6.20 Å². The van der Waals surface area contributed by atoms with E-state index in [1.807, 2.05) is 0 Å². The lowest BCUT2D eigenvalue weighted by Gasteiger charge is -2.16. The minimum Gasteiger partial charge on any atom is -0.480 e. The summed E-state index contributed by atoms with van der Waals surface area (Å²) in [6.07, 6.45) is 1.46. The fraction of sp³-hybridized carbons (Fsp3) is 0.571. The van der Waals surface area contributed by atoms with Gasteiger partial charge in [-0.1, -0.05) is 0 Å². The summed E-state index contributed by atoms with van der Waals surface area (Å²) in [7, 11) is 5.03. The number of aliphatic carboxylic acids is 1. The lowest BCUT2D eigenvalue weighted by Crippen LogP contribution is -2.27. The third kappa shape index (κ3) is 2.03. The van der Waals surface area contributed by atoms with Crippen LogP contribution < -0.4 is 0 Å². The van der Waals surface area contributed by atoms with Crippen LogP contribution in [0.2, 0.25) is 0 Å². The fourth-order valence-corrected chi connectivity index (χ4v) is 1.10.